The molecule has 5 heteroatoms. The van der Waals surface area contributed by atoms with Gasteiger partial charge in [0, 0.05) is 19.6 Å². The minimum absolute atomic E-state index is 0.0628. The van der Waals surface area contributed by atoms with Gasteiger partial charge in [-0.25, -0.2) is 0 Å². The van der Waals surface area contributed by atoms with Crippen LogP contribution in [0.1, 0.15) is 35.4 Å². The van der Waals surface area contributed by atoms with Crippen molar-refractivity contribution < 1.29 is 4.79 Å². The lowest BCUT2D eigenvalue weighted by atomic mass is 10.0. The van der Waals surface area contributed by atoms with E-state index in [1.807, 2.05) is 6.92 Å². The summed E-state index contributed by atoms with van der Waals surface area (Å²) in [4.78, 5) is 11.9. The molecule has 94 valence electrons. The van der Waals surface area contributed by atoms with Crippen molar-refractivity contribution in [2.45, 2.75) is 32.2 Å². The molecule has 2 rings (SSSR count). The Morgan fingerprint density at radius 1 is 1.65 bits per heavy atom. The molecule has 17 heavy (non-hydrogen) atoms. The predicted molar refractivity (Wildman–Crippen MR) is 65.6 cm³/mol. The van der Waals surface area contributed by atoms with Gasteiger partial charge in [0.15, 0.2) is 0 Å². The lowest BCUT2D eigenvalue weighted by Gasteiger charge is -2.15. The summed E-state index contributed by atoms with van der Waals surface area (Å²) in [6.45, 7) is 2.55. The zero-order valence-electron chi connectivity index (χ0n) is 10.4. The predicted octanol–water partition coefficient (Wildman–Crippen LogP) is 0.586. The third-order valence-electron chi connectivity index (χ3n) is 3.48. The molecule has 0 saturated heterocycles. The minimum atomic E-state index is -0.0628. The van der Waals surface area contributed by atoms with E-state index in [9.17, 15) is 4.79 Å². The molecule has 1 aliphatic carbocycles. The van der Waals surface area contributed by atoms with Gasteiger partial charge < -0.3 is 11.1 Å². The molecule has 1 aromatic heterocycles. The van der Waals surface area contributed by atoms with E-state index >= 15 is 0 Å². The number of carbonyl (C=O) groups is 1. The van der Waals surface area contributed by atoms with Gasteiger partial charge in [-0.1, -0.05) is 6.42 Å². The average molecular weight is 236 g/mol. The number of nitrogens with one attached hydrogen (secondary N) is 1. The van der Waals surface area contributed by atoms with Crippen LogP contribution in [0.5, 0.6) is 0 Å². The zero-order chi connectivity index (χ0) is 12.4. The van der Waals surface area contributed by atoms with Crippen LogP contribution in [0.3, 0.4) is 0 Å². The van der Waals surface area contributed by atoms with Crippen LogP contribution in [0.2, 0.25) is 0 Å². The maximum Gasteiger partial charge on any atom is 0.269 e. The molecule has 0 bridgehead atoms. The molecule has 1 aliphatic rings. The molecule has 0 radical (unpaired) electrons. The van der Waals surface area contributed by atoms with Crippen LogP contribution >= 0.6 is 0 Å². The molecule has 2 unspecified atom stereocenters. The first-order valence-corrected chi connectivity index (χ1v) is 6.12. The van der Waals surface area contributed by atoms with E-state index in [4.69, 9.17) is 5.73 Å². The Kier molecular flexibility index (Phi) is 3.47. The molecule has 1 saturated carbocycles. The smallest absolute Gasteiger partial charge is 0.269 e. The molecule has 2 atom stereocenters. The molecular weight excluding hydrogens is 216 g/mol. The topological polar surface area (TPSA) is 72.9 Å². The maximum atomic E-state index is 11.9. The summed E-state index contributed by atoms with van der Waals surface area (Å²) >= 11 is 0. The first-order chi connectivity index (χ1) is 8.08. The van der Waals surface area contributed by atoms with Crippen molar-refractivity contribution in [1.82, 2.24) is 15.1 Å². The third kappa shape index (κ3) is 2.66. The number of aromatic nitrogens is 2. The molecule has 3 N–H and O–H groups in total. The van der Waals surface area contributed by atoms with Crippen LogP contribution in [-0.4, -0.2) is 28.3 Å². The lowest BCUT2D eigenvalue weighted by Crippen LogP contribution is -2.36. The van der Waals surface area contributed by atoms with Crippen molar-refractivity contribution in [3.8, 4) is 0 Å². The van der Waals surface area contributed by atoms with Crippen molar-refractivity contribution in [3.05, 3.63) is 17.5 Å². The van der Waals surface area contributed by atoms with Gasteiger partial charge in [-0.05, 0) is 31.7 Å². The first-order valence-electron chi connectivity index (χ1n) is 6.12. The number of aryl methyl sites for hydroxylation is 2. The van der Waals surface area contributed by atoms with Crippen molar-refractivity contribution in [1.29, 1.82) is 0 Å². The Morgan fingerprint density at radius 2 is 2.41 bits per heavy atom. The second-order valence-corrected chi connectivity index (χ2v) is 4.86. The highest BCUT2D eigenvalue weighted by Gasteiger charge is 2.24. The second kappa shape index (κ2) is 4.87. The highest BCUT2D eigenvalue weighted by atomic mass is 16.2. The molecule has 1 heterocycles. The number of amides is 1. The van der Waals surface area contributed by atoms with Gasteiger partial charge in [0.25, 0.3) is 5.91 Å². The molecular formula is C12H20N4O. The highest BCUT2D eigenvalue weighted by Crippen LogP contribution is 2.23. The van der Waals surface area contributed by atoms with Crippen molar-refractivity contribution in [2.75, 3.05) is 6.54 Å². The van der Waals surface area contributed by atoms with Crippen molar-refractivity contribution >= 4 is 5.91 Å². The normalized spacial score (nSPS) is 23.9. The van der Waals surface area contributed by atoms with Crippen LogP contribution in [-0.2, 0) is 7.05 Å². The van der Waals surface area contributed by atoms with Crippen molar-refractivity contribution in [2.24, 2.45) is 18.7 Å². The molecule has 1 aromatic rings. The lowest BCUT2D eigenvalue weighted by molar-refractivity contribution is 0.0937. The first kappa shape index (κ1) is 12.1. The SMILES string of the molecule is Cc1cc(C(=O)NCC2CCCC2N)n(C)n1. The standard InChI is InChI=1S/C12H20N4O/c1-8-6-11(16(2)15-8)12(17)14-7-9-4-3-5-10(9)13/h6,9-10H,3-5,7,13H2,1-2H3,(H,14,17). The highest BCUT2D eigenvalue weighted by molar-refractivity contribution is 5.92. The Morgan fingerprint density at radius 3 is 2.94 bits per heavy atom. The summed E-state index contributed by atoms with van der Waals surface area (Å²) in [7, 11) is 1.78. The van der Waals surface area contributed by atoms with Gasteiger partial charge in [0.05, 0.1) is 5.69 Å². The van der Waals surface area contributed by atoms with E-state index in [1.54, 1.807) is 17.8 Å². The number of rotatable bonds is 3. The van der Waals surface area contributed by atoms with Crippen LogP contribution in [0.25, 0.3) is 0 Å². The molecule has 0 aromatic carbocycles. The number of carbonyl (C=O) groups excluding carboxylic acids is 1. The number of nitrogens with zero attached hydrogens (tertiary/aromatic N) is 2. The summed E-state index contributed by atoms with van der Waals surface area (Å²) in [5.74, 6) is 0.362. The molecule has 5 nitrogen and oxygen atoms in total. The van der Waals surface area contributed by atoms with Crippen LogP contribution < -0.4 is 11.1 Å². The quantitative estimate of drug-likeness (QED) is 0.806. The summed E-state index contributed by atoms with van der Waals surface area (Å²) < 4.78 is 1.61. The van der Waals surface area contributed by atoms with Gasteiger partial charge in [-0.2, -0.15) is 5.10 Å². The Labute approximate surface area is 101 Å². The molecule has 1 fully saturated rings. The van der Waals surface area contributed by atoms with Gasteiger partial charge in [0.1, 0.15) is 5.69 Å². The Bertz CT molecular complexity index is 413. The molecule has 0 spiro atoms. The Balaban J connectivity index is 1.91. The third-order valence-corrected chi connectivity index (χ3v) is 3.48. The molecule has 0 aliphatic heterocycles. The van der Waals surface area contributed by atoms with Gasteiger partial charge in [0.2, 0.25) is 0 Å². The second-order valence-electron chi connectivity index (χ2n) is 4.86. The van der Waals surface area contributed by atoms with Gasteiger partial charge in [-0.15, -0.1) is 0 Å². The summed E-state index contributed by atoms with van der Waals surface area (Å²) in [5, 5.41) is 7.10. The van der Waals surface area contributed by atoms with Gasteiger partial charge in [-0.3, -0.25) is 9.48 Å². The van der Waals surface area contributed by atoms with E-state index < -0.39 is 0 Å². The number of hydrogen-bond acceptors (Lipinski definition) is 3. The number of nitrogens with two attached hydrogens (primary N) is 1. The van der Waals surface area contributed by atoms with Crippen LogP contribution in [0.15, 0.2) is 6.07 Å². The van der Waals surface area contributed by atoms with E-state index in [1.165, 1.54) is 6.42 Å². The van der Waals surface area contributed by atoms with Crippen molar-refractivity contribution in [3.63, 3.8) is 0 Å². The summed E-state index contributed by atoms with van der Waals surface area (Å²) in [5.41, 5.74) is 7.43. The van der Waals surface area contributed by atoms with Crippen LogP contribution in [0.4, 0.5) is 0 Å². The van der Waals surface area contributed by atoms with Gasteiger partial charge >= 0.3 is 0 Å². The number of hydrogen-bond donors (Lipinski definition) is 2. The average Bonchev–Trinajstić information content (AvgIpc) is 2.81. The largest absolute Gasteiger partial charge is 0.350 e. The maximum absolute atomic E-state index is 11.9. The molecule has 1 amide bonds. The van der Waals surface area contributed by atoms with E-state index in [0.29, 0.717) is 18.2 Å². The summed E-state index contributed by atoms with van der Waals surface area (Å²) in [6, 6.07) is 2.03. The van der Waals surface area contributed by atoms with E-state index in [2.05, 4.69) is 10.4 Å². The fourth-order valence-corrected chi connectivity index (χ4v) is 2.46. The van der Waals surface area contributed by atoms with Crippen LogP contribution in [0, 0.1) is 12.8 Å². The fraction of sp³-hybridized carbons (Fsp3) is 0.667. The fourth-order valence-electron chi connectivity index (χ4n) is 2.46. The Hall–Kier alpha value is -1.36. The summed E-state index contributed by atoms with van der Waals surface area (Å²) in [6.07, 6.45) is 3.36. The van der Waals surface area contributed by atoms with E-state index in [0.717, 1.165) is 18.5 Å². The van der Waals surface area contributed by atoms with E-state index in [-0.39, 0.29) is 11.9 Å². The monoisotopic (exact) mass is 236 g/mol. The minimum Gasteiger partial charge on any atom is -0.350 e. The zero-order valence-corrected chi connectivity index (χ0v) is 10.4.